The topological polar surface area (TPSA) is 39.7 Å². The lowest BCUT2D eigenvalue weighted by Crippen LogP contribution is -2.22. The molecule has 0 aliphatic rings. The number of hydrogen-bond acceptors (Lipinski definition) is 4. The van der Waals surface area contributed by atoms with E-state index in [1.54, 1.807) is 7.11 Å². The summed E-state index contributed by atoms with van der Waals surface area (Å²) >= 11 is 0. The van der Waals surface area contributed by atoms with Gasteiger partial charge < -0.3 is 19.5 Å². The predicted molar refractivity (Wildman–Crippen MR) is 76.7 cm³/mol. The number of methoxy groups -OCH3 is 1. The van der Waals surface area contributed by atoms with E-state index in [0.717, 1.165) is 5.75 Å². The van der Waals surface area contributed by atoms with Crippen LogP contribution in [-0.4, -0.2) is 40.1 Å². The van der Waals surface area contributed by atoms with E-state index in [-0.39, 0.29) is 12.1 Å². The van der Waals surface area contributed by atoms with Gasteiger partial charge in [0.15, 0.2) is 0 Å². The predicted octanol–water partition coefficient (Wildman–Crippen LogP) is 2.40. The van der Waals surface area contributed by atoms with Crippen molar-refractivity contribution in [3.05, 3.63) is 29.8 Å². The van der Waals surface area contributed by atoms with Gasteiger partial charge in [-0.15, -0.1) is 0 Å². The van der Waals surface area contributed by atoms with Gasteiger partial charge in [0.05, 0.1) is 32.0 Å². The summed E-state index contributed by atoms with van der Waals surface area (Å²) in [5.74, 6) is 0.897. The number of ether oxygens (including phenoxy) is 3. The zero-order chi connectivity index (χ0) is 14.1. The van der Waals surface area contributed by atoms with Crippen molar-refractivity contribution in [1.82, 2.24) is 5.32 Å². The normalized spacial score (nSPS) is 12.7. The first kappa shape index (κ1) is 16.0. The largest absolute Gasteiger partial charge is 0.491 e. The summed E-state index contributed by atoms with van der Waals surface area (Å²) in [5, 5.41) is 3.25. The van der Waals surface area contributed by atoms with E-state index in [2.05, 4.69) is 17.4 Å². The van der Waals surface area contributed by atoms with E-state index < -0.39 is 0 Å². The lowest BCUT2D eigenvalue weighted by molar-refractivity contribution is 0.0596. The first-order valence-electron chi connectivity index (χ1n) is 6.68. The highest BCUT2D eigenvalue weighted by atomic mass is 16.5. The maximum atomic E-state index is 5.63. The Balaban J connectivity index is 2.51. The van der Waals surface area contributed by atoms with E-state index in [1.165, 1.54) is 5.56 Å². The second kappa shape index (κ2) is 8.91. The fourth-order valence-electron chi connectivity index (χ4n) is 1.74. The highest BCUT2D eigenvalue weighted by molar-refractivity contribution is 5.29. The van der Waals surface area contributed by atoms with Crippen molar-refractivity contribution in [3.63, 3.8) is 0 Å². The second-order valence-electron chi connectivity index (χ2n) is 4.64. The Morgan fingerprint density at radius 2 is 1.79 bits per heavy atom. The van der Waals surface area contributed by atoms with Crippen molar-refractivity contribution in [2.24, 2.45) is 0 Å². The number of likely N-dealkylation sites (N-methyl/N-ethyl adjacent to an activating group) is 1. The molecule has 1 N–H and O–H groups in total. The molecule has 0 aliphatic heterocycles. The van der Waals surface area contributed by atoms with Gasteiger partial charge in [0, 0.05) is 7.11 Å². The summed E-state index contributed by atoms with van der Waals surface area (Å²) in [4.78, 5) is 0. The van der Waals surface area contributed by atoms with Gasteiger partial charge in [-0.05, 0) is 38.6 Å². The third-order valence-electron chi connectivity index (χ3n) is 2.72. The highest BCUT2D eigenvalue weighted by Gasteiger charge is 2.09. The molecule has 0 bridgehead atoms. The van der Waals surface area contributed by atoms with Crippen LogP contribution in [0.25, 0.3) is 0 Å². The van der Waals surface area contributed by atoms with Gasteiger partial charge in [-0.3, -0.25) is 0 Å². The average Bonchev–Trinajstić information content (AvgIpc) is 2.40. The van der Waals surface area contributed by atoms with Gasteiger partial charge in [0.1, 0.15) is 5.75 Å². The Kier molecular flexibility index (Phi) is 7.48. The first-order chi connectivity index (χ1) is 9.17. The summed E-state index contributed by atoms with van der Waals surface area (Å²) in [7, 11) is 3.61. The summed E-state index contributed by atoms with van der Waals surface area (Å²) in [6.45, 7) is 5.91. The molecule has 108 valence electrons. The van der Waals surface area contributed by atoms with Gasteiger partial charge >= 0.3 is 0 Å². The molecule has 4 heteroatoms. The Hall–Kier alpha value is -1.10. The van der Waals surface area contributed by atoms with Crippen molar-refractivity contribution in [3.8, 4) is 5.75 Å². The molecule has 0 aromatic heterocycles. The maximum absolute atomic E-state index is 5.63. The van der Waals surface area contributed by atoms with Crippen LogP contribution in [0.4, 0.5) is 0 Å². The minimum Gasteiger partial charge on any atom is -0.491 e. The standard InChI is InChI=1S/C15H25NO3/c1-12(2)19-14-7-5-13(6-8-14)15(16-3)11-18-10-9-17-4/h5-8,12,15-16H,9-11H2,1-4H3. The Bertz CT molecular complexity index is 338. The molecule has 0 aliphatic carbocycles. The smallest absolute Gasteiger partial charge is 0.119 e. The van der Waals surface area contributed by atoms with Crippen molar-refractivity contribution in [2.45, 2.75) is 26.0 Å². The quantitative estimate of drug-likeness (QED) is 0.697. The molecule has 1 aromatic rings. The molecular formula is C15H25NO3. The Morgan fingerprint density at radius 3 is 2.32 bits per heavy atom. The molecule has 19 heavy (non-hydrogen) atoms. The summed E-state index contributed by atoms with van der Waals surface area (Å²) in [6.07, 6.45) is 0.198. The molecule has 1 atom stereocenters. The van der Waals surface area contributed by atoms with Crippen LogP contribution in [0.15, 0.2) is 24.3 Å². The van der Waals surface area contributed by atoms with Gasteiger partial charge in [-0.2, -0.15) is 0 Å². The molecule has 0 spiro atoms. The molecular weight excluding hydrogens is 242 g/mol. The van der Waals surface area contributed by atoms with Crippen LogP contribution in [0, 0.1) is 0 Å². The SMILES string of the molecule is CNC(COCCOC)c1ccc(OC(C)C)cc1. The first-order valence-corrected chi connectivity index (χ1v) is 6.68. The Labute approximate surface area is 116 Å². The third kappa shape index (κ3) is 6.05. The van der Waals surface area contributed by atoms with E-state index >= 15 is 0 Å². The van der Waals surface area contributed by atoms with Crippen LogP contribution in [0.3, 0.4) is 0 Å². The number of hydrogen-bond donors (Lipinski definition) is 1. The van der Waals surface area contributed by atoms with E-state index in [4.69, 9.17) is 14.2 Å². The summed E-state index contributed by atoms with van der Waals surface area (Å²) in [5.41, 5.74) is 1.19. The van der Waals surface area contributed by atoms with Crippen molar-refractivity contribution >= 4 is 0 Å². The minimum atomic E-state index is 0.185. The molecule has 0 heterocycles. The molecule has 0 fully saturated rings. The minimum absolute atomic E-state index is 0.185. The van der Waals surface area contributed by atoms with Crippen LogP contribution in [-0.2, 0) is 9.47 Å². The van der Waals surface area contributed by atoms with Crippen LogP contribution in [0.5, 0.6) is 5.75 Å². The van der Waals surface area contributed by atoms with Crippen LogP contribution in [0.2, 0.25) is 0 Å². The zero-order valence-electron chi connectivity index (χ0n) is 12.3. The fourth-order valence-corrected chi connectivity index (χ4v) is 1.74. The number of nitrogens with one attached hydrogen (secondary N) is 1. The Morgan fingerprint density at radius 1 is 1.11 bits per heavy atom. The molecule has 0 saturated carbocycles. The van der Waals surface area contributed by atoms with Crippen molar-refractivity contribution < 1.29 is 14.2 Å². The number of rotatable bonds is 9. The average molecular weight is 267 g/mol. The van der Waals surface area contributed by atoms with Crippen LogP contribution >= 0.6 is 0 Å². The van der Waals surface area contributed by atoms with Crippen LogP contribution in [0.1, 0.15) is 25.5 Å². The zero-order valence-corrected chi connectivity index (χ0v) is 12.3. The van der Waals surface area contributed by atoms with E-state index in [0.29, 0.717) is 19.8 Å². The van der Waals surface area contributed by atoms with Gasteiger partial charge in [-0.1, -0.05) is 12.1 Å². The molecule has 0 radical (unpaired) electrons. The molecule has 0 saturated heterocycles. The fraction of sp³-hybridized carbons (Fsp3) is 0.600. The molecule has 1 unspecified atom stereocenters. The molecule has 1 rings (SSSR count). The monoisotopic (exact) mass is 267 g/mol. The van der Waals surface area contributed by atoms with Gasteiger partial charge in [-0.25, -0.2) is 0 Å². The van der Waals surface area contributed by atoms with E-state index in [1.807, 2.05) is 33.0 Å². The lowest BCUT2D eigenvalue weighted by atomic mass is 10.1. The van der Waals surface area contributed by atoms with Crippen molar-refractivity contribution in [2.75, 3.05) is 34.0 Å². The van der Waals surface area contributed by atoms with Gasteiger partial charge in [0.2, 0.25) is 0 Å². The lowest BCUT2D eigenvalue weighted by Gasteiger charge is -2.17. The summed E-state index contributed by atoms with van der Waals surface area (Å²) in [6, 6.07) is 8.31. The second-order valence-corrected chi connectivity index (χ2v) is 4.64. The van der Waals surface area contributed by atoms with Crippen molar-refractivity contribution in [1.29, 1.82) is 0 Å². The number of benzene rings is 1. The molecule has 1 aromatic carbocycles. The highest BCUT2D eigenvalue weighted by Crippen LogP contribution is 2.18. The molecule has 0 amide bonds. The maximum Gasteiger partial charge on any atom is 0.119 e. The summed E-state index contributed by atoms with van der Waals surface area (Å²) < 4.78 is 16.1. The third-order valence-corrected chi connectivity index (χ3v) is 2.72. The van der Waals surface area contributed by atoms with Gasteiger partial charge in [0.25, 0.3) is 0 Å². The van der Waals surface area contributed by atoms with E-state index in [9.17, 15) is 0 Å². The van der Waals surface area contributed by atoms with Crippen LogP contribution < -0.4 is 10.1 Å². The molecule has 4 nitrogen and oxygen atoms in total.